The molecule has 2 aromatic rings. The molecule has 28 heavy (non-hydrogen) atoms. The van der Waals surface area contributed by atoms with Gasteiger partial charge in [-0.3, -0.25) is 4.90 Å². The van der Waals surface area contributed by atoms with Gasteiger partial charge >= 0.3 is 5.97 Å². The van der Waals surface area contributed by atoms with Gasteiger partial charge in [0.25, 0.3) is 0 Å². The Morgan fingerprint density at radius 2 is 1.82 bits per heavy atom. The van der Waals surface area contributed by atoms with E-state index in [0.29, 0.717) is 29.2 Å². The molecule has 1 N–H and O–H groups in total. The summed E-state index contributed by atoms with van der Waals surface area (Å²) in [5.41, 5.74) is 1.56. The lowest BCUT2D eigenvalue weighted by molar-refractivity contribution is -0.130. The van der Waals surface area contributed by atoms with Crippen molar-refractivity contribution in [1.29, 1.82) is 0 Å². The molecule has 0 aromatic heterocycles. The summed E-state index contributed by atoms with van der Waals surface area (Å²) in [6.45, 7) is 3.61. The molecule has 5 heteroatoms. The molecule has 1 aliphatic heterocycles. The summed E-state index contributed by atoms with van der Waals surface area (Å²) in [5, 5.41) is 9.70. The van der Waals surface area contributed by atoms with Gasteiger partial charge in [-0.2, -0.15) is 0 Å². The molecule has 1 saturated heterocycles. The topological polar surface area (TPSA) is 59.0 Å². The van der Waals surface area contributed by atoms with Crippen molar-refractivity contribution in [1.82, 2.24) is 4.90 Å². The molecule has 0 unspecified atom stereocenters. The van der Waals surface area contributed by atoms with Gasteiger partial charge in [0.15, 0.2) is 11.5 Å². The maximum atomic E-state index is 11.8. The van der Waals surface area contributed by atoms with E-state index < -0.39 is 5.97 Å². The molecule has 0 saturated carbocycles. The van der Waals surface area contributed by atoms with E-state index in [2.05, 4.69) is 4.90 Å². The van der Waals surface area contributed by atoms with Gasteiger partial charge in [0.05, 0.1) is 12.7 Å². The number of hydrogen-bond acceptors (Lipinski definition) is 4. The number of para-hydroxylation sites is 1. The highest BCUT2D eigenvalue weighted by atomic mass is 16.5. The van der Waals surface area contributed by atoms with Crippen molar-refractivity contribution in [3.63, 3.8) is 0 Å². The quantitative estimate of drug-likeness (QED) is 0.549. The van der Waals surface area contributed by atoms with Crippen LogP contribution in [0.1, 0.15) is 30.4 Å². The fraction of sp³-hybridized carbons (Fsp3) is 0.348. The summed E-state index contributed by atoms with van der Waals surface area (Å²) in [6, 6.07) is 14.6. The molecule has 5 nitrogen and oxygen atoms in total. The first kappa shape index (κ1) is 20.0. The van der Waals surface area contributed by atoms with Crippen molar-refractivity contribution in [2.75, 3.05) is 33.4 Å². The van der Waals surface area contributed by atoms with Crippen molar-refractivity contribution < 1.29 is 19.4 Å². The van der Waals surface area contributed by atoms with Gasteiger partial charge in [-0.05, 0) is 43.6 Å². The van der Waals surface area contributed by atoms with E-state index >= 15 is 0 Å². The van der Waals surface area contributed by atoms with Crippen LogP contribution in [-0.2, 0) is 4.79 Å². The van der Waals surface area contributed by atoms with Gasteiger partial charge in [-0.25, -0.2) is 4.79 Å². The number of nitrogens with zero attached hydrogens (tertiary/aromatic N) is 1. The number of ether oxygens (including phenoxy) is 2. The second-order valence-electron chi connectivity index (χ2n) is 6.86. The van der Waals surface area contributed by atoms with Crippen molar-refractivity contribution in [3.8, 4) is 11.5 Å². The van der Waals surface area contributed by atoms with Crippen molar-refractivity contribution in [2.24, 2.45) is 0 Å². The number of carboxylic acid groups (broad SMARTS) is 1. The summed E-state index contributed by atoms with van der Waals surface area (Å²) in [6.07, 6.45) is 5.43. The zero-order valence-corrected chi connectivity index (χ0v) is 16.3. The largest absolute Gasteiger partial charge is 0.493 e. The normalized spacial score (nSPS) is 15.2. The van der Waals surface area contributed by atoms with Crippen LogP contribution >= 0.6 is 0 Å². The zero-order chi connectivity index (χ0) is 19.8. The summed E-state index contributed by atoms with van der Waals surface area (Å²) in [7, 11) is 1.59. The lowest BCUT2D eigenvalue weighted by Crippen LogP contribution is -2.33. The van der Waals surface area contributed by atoms with Crippen LogP contribution in [0.15, 0.2) is 48.5 Å². The fourth-order valence-corrected chi connectivity index (χ4v) is 3.46. The van der Waals surface area contributed by atoms with E-state index in [1.165, 1.54) is 19.3 Å². The third-order valence-electron chi connectivity index (χ3n) is 4.95. The van der Waals surface area contributed by atoms with Gasteiger partial charge in [-0.1, -0.05) is 48.9 Å². The van der Waals surface area contributed by atoms with Gasteiger partial charge in [0.1, 0.15) is 6.61 Å². The Morgan fingerprint density at radius 1 is 1.07 bits per heavy atom. The van der Waals surface area contributed by atoms with Crippen molar-refractivity contribution in [2.45, 2.75) is 19.3 Å². The van der Waals surface area contributed by atoms with Crippen LogP contribution in [-0.4, -0.2) is 49.3 Å². The predicted molar refractivity (Wildman–Crippen MR) is 111 cm³/mol. The van der Waals surface area contributed by atoms with Crippen LogP contribution in [0.2, 0.25) is 0 Å². The highest BCUT2D eigenvalue weighted by Crippen LogP contribution is 2.34. The summed E-state index contributed by atoms with van der Waals surface area (Å²) in [4.78, 5) is 14.2. The van der Waals surface area contributed by atoms with E-state index in [1.54, 1.807) is 25.3 Å². The summed E-state index contributed by atoms with van der Waals surface area (Å²) in [5.74, 6) is 0.204. The molecular weight excluding hydrogens is 354 g/mol. The number of methoxy groups -OCH3 is 1. The second kappa shape index (κ2) is 9.95. The zero-order valence-electron chi connectivity index (χ0n) is 16.3. The third-order valence-corrected chi connectivity index (χ3v) is 4.95. The fourth-order valence-electron chi connectivity index (χ4n) is 3.46. The summed E-state index contributed by atoms with van der Waals surface area (Å²) < 4.78 is 11.5. The SMILES string of the molecule is COc1cccc(/C=C(\C(=O)O)c2ccccc2)c1OCCN1CCCCC1. The number of aliphatic carboxylic acids is 1. The van der Waals surface area contributed by atoms with Gasteiger partial charge < -0.3 is 14.6 Å². The van der Waals surface area contributed by atoms with E-state index in [0.717, 1.165) is 19.6 Å². The maximum absolute atomic E-state index is 11.8. The number of rotatable bonds is 8. The lowest BCUT2D eigenvalue weighted by atomic mass is 10.0. The molecule has 0 atom stereocenters. The van der Waals surface area contributed by atoms with E-state index in [9.17, 15) is 9.90 Å². The average Bonchev–Trinajstić information content (AvgIpc) is 2.73. The number of benzene rings is 2. The van der Waals surface area contributed by atoms with Gasteiger partial charge in [-0.15, -0.1) is 0 Å². The molecule has 1 heterocycles. The number of carbonyl (C=O) groups is 1. The Labute approximate surface area is 166 Å². The van der Waals surface area contributed by atoms with E-state index in [4.69, 9.17) is 9.47 Å². The standard InChI is InChI=1S/C23H27NO4/c1-27-21-12-8-11-19(17-20(23(25)26)18-9-4-2-5-10-18)22(21)28-16-15-24-13-6-3-7-14-24/h2,4-5,8-12,17H,3,6-7,13-16H2,1H3,(H,25,26)/b20-17-. The van der Waals surface area contributed by atoms with Crippen LogP contribution in [0.3, 0.4) is 0 Å². The Bertz CT molecular complexity index is 811. The van der Waals surface area contributed by atoms with Crippen molar-refractivity contribution >= 4 is 17.6 Å². The minimum absolute atomic E-state index is 0.217. The lowest BCUT2D eigenvalue weighted by Gasteiger charge is -2.26. The molecule has 2 aromatic carbocycles. The average molecular weight is 381 g/mol. The molecule has 148 valence electrons. The van der Waals surface area contributed by atoms with E-state index in [-0.39, 0.29) is 5.57 Å². The third kappa shape index (κ3) is 5.14. The summed E-state index contributed by atoms with van der Waals surface area (Å²) >= 11 is 0. The molecule has 0 radical (unpaired) electrons. The highest BCUT2D eigenvalue weighted by molar-refractivity contribution is 6.20. The Balaban J connectivity index is 1.84. The molecule has 3 rings (SSSR count). The molecule has 0 aliphatic carbocycles. The minimum atomic E-state index is -0.978. The van der Waals surface area contributed by atoms with Crippen LogP contribution in [0.5, 0.6) is 11.5 Å². The maximum Gasteiger partial charge on any atom is 0.336 e. The van der Waals surface area contributed by atoms with Crippen LogP contribution < -0.4 is 9.47 Å². The van der Waals surface area contributed by atoms with Crippen molar-refractivity contribution in [3.05, 3.63) is 59.7 Å². The monoisotopic (exact) mass is 381 g/mol. The van der Waals surface area contributed by atoms with Crippen LogP contribution in [0, 0.1) is 0 Å². The van der Waals surface area contributed by atoms with Crippen LogP contribution in [0.25, 0.3) is 11.6 Å². The predicted octanol–water partition coefficient (Wildman–Crippen LogP) is 4.19. The van der Waals surface area contributed by atoms with E-state index in [1.807, 2.05) is 36.4 Å². The number of carboxylic acids is 1. The highest BCUT2D eigenvalue weighted by Gasteiger charge is 2.16. The Hall–Kier alpha value is -2.79. The second-order valence-corrected chi connectivity index (χ2v) is 6.86. The molecule has 0 bridgehead atoms. The minimum Gasteiger partial charge on any atom is -0.493 e. The molecular formula is C23H27NO4. The molecule has 1 aliphatic rings. The number of piperidine rings is 1. The Kier molecular flexibility index (Phi) is 7.09. The molecule has 1 fully saturated rings. The molecule has 0 spiro atoms. The first-order valence-electron chi connectivity index (χ1n) is 9.71. The van der Waals surface area contributed by atoms with Gasteiger partial charge in [0.2, 0.25) is 0 Å². The number of likely N-dealkylation sites (tertiary alicyclic amines) is 1. The molecule has 0 amide bonds. The van der Waals surface area contributed by atoms with Crippen LogP contribution in [0.4, 0.5) is 0 Å². The smallest absolute Gasteiger partial charge is 0.336 e. The Morgan fingerprint density at radius 3 is 2.50 bits per heavy atom. The first-order chi connectivity index (χ1) is 13.7. The van der Waals surface area contributed by atoms with Gasteiger partial charge in [0, 0.05) is 12.1 Å². The number of hydrogen-bond donors (Lipinski definition) is 1. The first-order valence-corrected chi connectivity index (χ1v) is 9.71.